The van der Waals surface area contributed by atoms with E-state index in [-0.39, 0.29) is 0 Å². The molecule has 0 saturated carbocycles. The first-order valence-corrected chi connectivity index (χ1v) is 7.02. The van der Waals surface area contributed by atoms with Crippen molar-refractivity contribution in [2.75, 3.05) is 7.11 Å². The Bertz CT molecular complexity index is 725. The van der Waals surface area contributed by atoms with Gasteiger partial charge in [0.15, 0.2) is 5.65 Å². The summed E-state index contributed by atoms with van der Waals surface area (Å²) in [5.41, 5.74) is 0.571. The highest BCUT2D eigenvalue weighted by Crippen LogP contribution is 2.36. The van der Waals surface area contributed by atoms with Gasteiger partial charge in [-0.15, -0.1) is 10.2 Å². The van der Waals surface area contributed by atoms with Crippen LogP contribution in [0.25, 0.3) is 5.65 Å². The summed E-state index contributed by atoms with van der Waals surface area (Å²) >= 11 is 0. The second-order valence-corrected chi connectivity index (χ2v) is 6.33. The predicted octanol–water partition coefficient (Wildman–Crippen LogP) is 0.815. The summed E-state index contributed by atoms with van der Waals surface area (Å²) in [5.74, 6) is -0.476. The summed E-state index contributed by atoms with van der Waals surface area (Å²) in [6, 6.07) is 1.68. The van der Waals surface area contributed by atoms with Crippen LogP contribution in [0.1, 0.15) is 38.1 Å². The number of esters is 1. The molecule has 7 nitrogen and oxygen atoms in total. The molecule has 22 heavy (non-hydrogen) atoms. The Morgan fingerprint density at radius 3 is 2.50 bits per heavy atom. The third-order valence-electron chi connectivity index (χ3n) is 4.34. The molecule has 2 aromatic rings. The number of aromatic nitrogens is 3. The highest BCUT2D eigenvalue weighted by molar-refractivity contribution is 6.62. The molecule has 0 radical (unpaired) electrons. The number of rotatable bonds is 2. The van der Waals surface area contributed by atoms with Crippen LogP contribution in [0.3, 0.4) is 0 Å². The molecule has 0 amide bonds. The van der Waals surface area contributed by atoms with E-state index in [0.717, 1.165) is 0 Å². The molecule has 0 atom stereocenters. The Labute approximate surface area is 128 Å². The molecule has 0 unspecified atom stereocenters. The van der Waals surface area contributed by atoms with Gasteiger partial charge in [0.05, 0.1) is 18.3 Å². The second-order valence-electron chi connectivity index (χ2n) is 6.33. The molecular weight excluding hydrogens is 285 g/mol. The Hall–Kier alpha value is -1.93. The normalized spacial score (nSPS) is 19.6. The monoisotopic (exact) mass is 303 g/mol. The smallest absolute Gasteiger partial charge is 0.465 e. The Kier molecular flexibility index (Phi) is 3.26. The largest absolute Gasteiger partial charge is 0.496 e. The average molecular weight is 303 g/mol. The molecule has 1 saturated heterocycles. The lowest BCUT2D eigenvalue weighted by Crippen LogP contribution is -2.41. The summed E-state index contributed by atoms with van der Waals surface area (Å²) in [5, 5.41) is 7.77. The van der Waals surface area contributed by atoms with Crippen molar-refractivity contribution in [1.29, 1.82) is 0 Å². The van der Waals surface area contributed by atoms with Gasteiger partial charge in [0, 0.05) is 11.7 Å². The summed E-state index contributed by atoms with van der Waals surface area (Å²) in [4.78, 5) is 12.0. The first-order chi connectivity index (χ1) is 10.2. The molecule has 3 rings (SSSR count). The van der Waals surface area contributed by atoms with E-state index < -0.39 is 24.3 Å². The number of carbonyl (C=O) groups excluding carboxylic acids is 1. The van der Waals surface area contributed by atoms with Crippen LogP contribution in [-0.4, -0.2) is 46.0 Å². The van der Waals surface area contributed by atoms with E-state index in [9.17, 15) is 4.79 Å². The van der Waals surface area contributed by atoms with Gasteiger partial charge < -0.3 is 14.0 Å². The standard InChI is InChI=1S/C14H18BN3O4/c1-13(2)14(3,4)22-15(21-13)9-6-10(12(19)20-5)11-17-16-8-18(11)7-9/h6-8H,1-5H3. The molecule has 8 heteroatoms. The quantitative estimate of drug-likeness (QED) is 0.604. The highest BCUT2D eigenvalue weighted by Gasteiger charge is 2.52. The van der Waals surface area contributed by atoms with Crippen molar-refractivity contribution in [2.24, 2.45) is 0 Å². The highest BCUT2D eigenvalue weighted by atomic mass is 16.7. The van der Waals surface area contributed by atoms with Gasteiger partial charge in [0.2, 0.25) is 0 Å². The van der Waals surface area contributed by atoms with Gasteiger partial charge in [0.25, 0.3) is 0 Å². The maximum atomic E-state index is 12.0. The second kappa shape index (κ2) is 4.79. The fraction of sp³-hybridized carbons (Fsp3) is 0.500. The molecule has 0 bridgehead atoms. The van der Waals surface area contributed by atoms with E-state index in [1.807, 2.05) is 27.7 Å². The minimum Gasteiger partial charge on any atom is -0.465 e. The van der Waals surface area contributed by atoms with E-state index in [4.69, 9.17) is 14.0 Å². The molecule has 0 aliphatic carbocycles. The van der Waals surface area contributed by atoms with Gasteiger partial charge in [-0.25, -0.2) is 4.79 Å². The van der Waals surface area contributed by atoms with Crippen molar-refractivity contribution in [3.8, 4) is 0 Å². The number of hydrogen-bond donors (Lipinski definition) is 0. The lowest BCUT2D eigenvalue weighted by Gasteiger charge is -2.32. The van der Waals surface area contributed by atoms with Gasteiger partial charge >= 0.3 is 13.1 Å². The zero-order valence-corrected chi connectivity index (χ0v) is 13.3. The van der Waals surface area contributed by atoms with Gasteiger partial charge in [-0.2, -0.15) is 0 Å². The van der Waals surface area contributed by atoms with Crippen LogP contribution in [0.2, 0.25) is 0 Å². The van der Waals surface area contributed by atoms with E-state index in [1.165, 1.54) is 13.4 Å². The number of fused-ring (bicyclic) bond motifs is 1. The number of nitrogens with zero attached hydrogens (tertiary/aromatic N) is 3. The number of methoxy groups -OCH3 is 1. The average Bonchev–Trinajstić information content (AvgIpc) is 2.99. The summed E-state index contributed by atoms with van der Waals surface area (Å²) < 4.78 is 18.5. The van der Waals surface area contributed by atoms with Crippen molar-refractivity contribution in [2.45, 2.75) is 38.9 Å². The molecule has 0 aromatic carbocycles. The SMILES string of the molecule is COC(=O)c1cc(B2OC(C)(C)C(C)(C)O2)cn2cnnc12. The molecule has 116 valence electrons. The molecule has 0 N–H and O–H groups in total. The summed E-state index contributed by atoms with van der Waals surface area (Å²) in [6.07, 6.45) is 3.32. The molecule has 1 aliphatic rings. The van der Waals surface area contributed by atoms with Gasteiger partial charge in [-0.1, -0.05) is 0 Å². The molecular formula is C14H18BN3O4. The van der Waals surface area contributed by atoms with Crippen LogP contribution < -0.4 is 5.46 Å². The van der Waals surface area contributed by atoms with Crippen LogP contribution in [-0.2, 0) is 14.0 Å². The zero-order chi connectivity index (χ0) is 16.1. The summed E-state index contributed by atoms with van der Waals surface area (Å²) in [7, 11) is 0.761. The van der Waals surface area contributed by atoms with E-state index in [0.29, 0.717) is 16.7 Å². The van der Waals surface area contributed by atoms with E-state index in [2.05, 4.69) is 10.2 Å². The van der Waals surface area contributed by atoms with Crippen molar-refractivity contribution in [1.82, 2.24) is 14.6 Å². The lowest BCUT2D eigenvalue weighted by molar-refractivity contribution is 0.00578. The van der Waals surface area contributed by atoms with Crippen LogP contribution >= 0.6 is 0 Å². The molecule has 1 fully saturated rings. The van der Waals surface area contributed by atoms with E-state index >= 15 is 0 Å². The van der Waals surface area contributed by atoms with Crippen LogP contribution in [0.4, 0.5) is 0 Å². The zero-order valence-electron chi connectivity index (χ0n) is 13.3. The fourth-order valence-electron chi connectivity index (χ4n) is 2.33. The van der Waals surface area contributed by atoms with Crippen LogP contribution in [0, 0.1) is 0 Å². The molecule has 2 aromatic heterocycles. The van der Waals surface area contributed by atoms with Crippen molar-refractivity contribution in [3.05, 3.63) is 24.2 Å². The van der Waals surface area contributed by atoms with Crippen LogP contribution in [0.15, 0.2) is 18.6 Å². The maximum absolute atomic E-state index is 12.0. The van der Waals surface area contributed by atoms with Gasteiger partial charge in [-0.3, -0.25) is 4.40 Å². The third kappa shape index (κ3) is 2.19. The first-order valence-electron chi connectivity index (χ1n) is 7.02. The van der Waals surface area contributed by atoms with Crippen molar-refractivity contribution < 1.29 is 18.8 Å². The topological polar surface area (TPSA) is 75.0 Å². The number of ether oxygens (including phenoxy) is 1. The van der Waals surface area contributed by atoms with Crippen LogP contribution in [0.5, 0.6) is 0 Å². The van der Waals surface area contributed by atoms with Gasteiger partial charge in [-0.05, 0) is 33.8 Å². The molecule has 3 heterocycles. The number of pyridine rings is 1. The van der Waals surface area contributed by atoms with E-state index in [1.54, 1.807) is 16.7 Å². The molecule has 0 spiro atoms. The summed E-state index contributed by atoms with van der Waals surface area (Å²) in [6.45, 7) is 7.91. The Balaban J connectivity index is 2.07. The number of carbonyl (C=O) groups is 1. The third-order valence-corrected chi connectivity index (χ3v) is 4.34. The maximum Gasteiger partial charge on any atom is 0.496 e. The van der Waals surface area contributed by atoms with Gasteiger partial charge in [0.1, 0.15) is 11.9 Å². The Morgan fingerprint density at radius 1 is 1.27 bits per heavy atom. The first kappa shape index (κ1) is 15.0. The molecule has 1 aliphatic heterocycles. The van der Waals surface area contributed by atoms with Crippen molar-refractivity contribution in [3.63, 3.8) is 0 Å². The van der Waals surface area contributed by atoms with Crippen molar-refractivity contribution >= 4 is 24.2 Å². The predicted molar refractivity (Wildman–Crippen MR) is 80.0 cm³/mol. The minimum atomic E-state index is -0.569. The lowest BCUT2D eigenvalue weighted by atomic mass is 9.79. The Morgan fingerprint density at radius 2 is 1.91 bits per heavy atom. The fourth-order valence-corrected chi connectivity index (χ4v) is 2.33. The number of hydrogen-bond acceptors (Lipinski definition) is 6. The minimum absolute atomic E-state index is 0.326.